The number of aliphatic hydroxyl groups is 1. The summed E-state index contributed by atoms with van der Waals surface area (Å²) >= 11 is 1.91. The van der Waals surface area contributed by atoms with Gasteiger partial charge < -0.3 is 10.0 Å². The van der Waals surface area contributed by atoms with Gasteiger partial charge in [-0.25, -0.2) is 4.31 Å². The minimum absolute atomic E-state index is 0.361. The van der Waals surface area contributed by atoms with E-state index in [1.165, 1.54) is 56.8 Å². The average Bonchev–Trinajstić information content (AvgIpc) is 2.58. The second kappa shape index (κ2) is 8.34. The molecule has 0 aromatic heterocycles. The fourth-order valence-corrected chi connectivity index (χ4v) is 4.69. The van der Waals surface area contributed by atoms with Crippen molar-refractivity contribution in [2.75, 3.05) is 32.8 Å². The highest BCUT2D eigenvalue weighted by Crippen LogP contribution is 2.29. The van der Waals surface area contributed by atoms with E-state index in [4.69, 9.17) is 5.11 Å². The Morgan fingerprint density at radius 3 is 2.27 bits per heavy atom. The smallest absolute Gasteiger partial charge is 0.0433 e. The second-order valence-electron chi connectivity index (χ2n) is 6.56. The first-order chi connectivity index (χ1) is 10.8. The van der Waals surface area contributed by atoms with E-state index in [0.717, 1.165) is 18.4 Å². The molecule has 22 heavy (non-hydrogen) atoms. The molecular formula is C18H28N2OS. The number of hydrogen-bond donors (Lipinski definition) is 1. The molecule has 0 radical (unpaired) electrons. The molecule has 3 nitrogen and oxygen atoms in total. The third kappa shape index (κ3) is 4.48. The van der Waals surface area contributed by atoms with Gasteiger partial charge in [-0.1, -0.05) is 18.2 Å². The molecule has 0 spiro atoms. The van der Waals surface area contributed by atoms with E-state index >= 15 is 0 Å². The van der Waals surface area contributed by atoms with Gasteiger partial charge in [-0.15, -0.1) is 0 Å². The molecule has 2 saturated heterocycles. The third-order valence-corrected chi connectivity index (χ3v) is 6.21. The Labute approximate surface area is 138 Å². The zero-order valence-electron chi connectivity index (χ0n) is 13.4. The van der Waals surface area contributed by atoms with Gasteiger partial charge in [-0.2, -0.15) is 0 Å². The van der Waals surface area contributed by atoms with Crippen LogP contribution in [0.3, 0.4) is 0 Å². The number of nitrogens with zero attached hydrogens (tertiary/aromatic N) is 2. The van der Waals surface area contributed by atoms with Crippen molar-refractivity contribution in [3.63, 3.8) is 0 Å². The highest BCUT2D eigenvalue weighted by atomic mass is 32.2. The molecule has 0 aliphatic carbocycles. The first-order valence-corrected chi connectivity index (χ1v) is 9.45. The molecule has 0 amide bonds. The molecule has 1 aromatic carbocycles. The molecule has 2 aliphatic heterocycles. The molecule has 2 fully saturated rings. The van der Waals surface area contributed by atoms with Gasteiger partial charge in [0.2, 0.25) is 0 Å². The normalized spacial score (nSPS) is 23.0. The molecular weight excluding hydrogens is 292 g/mol. The zero-order chi connectivity index (χ0) is 15.2. The molecule has 0 atom stereocenters. The van der Waals surface area contributed by atoms with Crippen molar-refractivity contribution >= 4 is 11.9 Å². The van der Waals surface area contributed by atoms with Crippen molar-refractivity contribution in [1.82, 2.24) is 9.21 Å². The monoisotopic (exact) mass is 320 g/mol. The first-order valence-electron chi connectivity index (χ1n) is 8.68. The van der Waals surface area contributed by atoms with Crippen LogP contribution in [-0.2, 0) is 0 Å². The van der Waals surface area contributed by atoms with Gasteiger partial charge in [0, 0.05) is 30.6 Å². The van der Waals surface area contributed by atoms with E-state index in [0.29, 0.717) is 6.61 Å². The van der Waals surface area contributed by atoms with Crippen LogP contribution in [-0.4, -0.2) is 53.1 Å². The van der Waals surface area contributed by atoms with Crippen LogP contribution in [0.15, 0.2) is 35.2 Å². The van der Waals surface area contributed by atoms with E-state index in [1.54, 1.807) is 0 Å². The van der Waals surface area contributed by atoms with Crippen LogP contribution in [0.4, 0.5) is 0 Å². The van der Waals surface area contributed by atoms with Crippen LogP contribution in [0, 0.1) is 5.92 Å². The van der Waals surface area contributed by atoms with Crippen molar-refractivity contribution in [2.24, 2.45) is 5.92 Å². The largest absolute Gasteiger partial charge is 0.396 e. The highest BCUT2D eigenvalue weighted by molar-refractivity contribution is 7.97. The third-order valence-electron chi connectivity index (χ3n) is 5.10. The quantitative estimate of drug-likeness (QED) is 0.843. The number of rotatable bonds is 5. The molecule has 2 heterocycles. The minimum atomic E-state index is 0.361. The van der Waals surface area contributed by atoms with E-state index in [2.05, 4.69) is 39.5 Å². The fourth-order valence-electron chi connectivity index (χ4n) is 3.72. The minimum Gasteiger partial charge on any atom is -0.396 e. The number of benzene rings is 1. The van der Waals surface area contributed by atoms with E-state index < -0.39 is 0 Å². The molecule has 3 rings (SSSR count). The zero-order valence-corrected chi connectivity index (χ0v) is 14.2. The van der Waals surface area contributed by atoms with Gasteiger partial charge in [0.25, 0.3) is 0 Å². The predicted molar refractivity (Wildman–Crippen MR) is 92.9 cm³/mol. The summed E-state index contributed by atoms with van der Waals surface area (Å²) in [5.41, 5.74) is 0. The maximum atomic E-state index is 9.06. The van der Waals surface area contributed by atoms with Crippen molar-refractivity contribution in [2.45, 2.75) is 43.0 Å². The molecule has 2 aliphatic rings. The Bertz CT molecular complexity index is 426. The van der Waals surface area contributed by atoms with Crippen LogP contribution in [0.1, 0.15) is 32.1 Å². The Kier molecular flexibility index (Phi) is 6.19. The maximum absolute atomic E-state index is 9.06. The summed E-state index contributed by atoms with van der Waals surface area (Å²) < 4.78 is 2.52. The molecule has 0 unspecified atom stereocenters. The van der Waals surface area contributed by atoms with Crippen LogP contribution < -0.4 is 0 Å². The summed E-state index contributed by atoms with van der Waals surface area (Å²) in [6, 6.07) is 11.5. The van der Waals surface area contributed by atoms with Crippen molar-refractivity contribution in [3.8, 4) is 0 Å². The summed E-state index contributed by atoms with van der Waals surface area (Å²) in [7, 11) is 0. The Morgan fingerprint density at radius 1 is 0.955 bits per heavy atom. The SMILES string of the molecule is OCCC1CCN(C2CCN(Sc3ccccc3)CC2)CC1. The van der Waals surface area contributed by atoms with Gasteiger partial charge in [0.05, 0.1) is 0 Å². The summed E-state index contributed by atoms with van der Waals surface area (Å²) in [5, 5.41) is 9.06. The average molecular weight is 321 g/mol. The van der Waals surface area contributed by atoms with Crippen LogP contribution in [0.2, 0.25) is 0 Å². The lowest BCUT2D eigenvalue weighted by Gasteiger charge is -2.41. The number of hydrogen-bond acceptors (Lipinski definition) is 4. The van der Waals surface area contributed by atoms with Crippen molar-refractivity contribution < 1.29 is 5.11 Å². The summed E-state index contributed by atoms with van der Waals surface area (Å²) in [6.45, 7) is 5.23. The van der Waals surface area contributed by atoms with Gasteiger partial charge >= 0.3 is 0 Å². The van der Waals surface area contributed by atoms with Gasteiger partial charge in [-0.3, -0.25) is 0 Å². The van der Waals surface area contributed by atoms with Crippen molar-refractivity contribution in [1.29, 1.82) is 0 Å². The fraction of sp³-hybridized carbons (Fsp3) is 0.667. The first kappa shape index (κ1) is 16.3. The second-order valence-corrected chi connectivity index (χ2v) is 7.73. The van der Waals surface area contributed by atoms with E-state index in [9.17, 15) is 0 Å². The van der Waals surface area contributed by atoms with Crippen LogP contribution in [0.5, 0.6) is 0 Å². The van der Waals surface area contributed by atoms with Gasteiger partial charge in [0.1, 0.15) is 0 Å². The summed E-state index contributed by atoms with van der Waals surface area (Å²) in [5.74, 6) is 0.759. The molecule has 0 bridgehead atoms. The molecule has 122 valence electrons. The Hall–Kier alpha value is -0.550. The Balaban J connectivity index is 1.40. The van der Waals surface area contributed by atoms with Crippen LogP contribution >= 0.6 is 11.9 Å². The lowest BCUT2D eigenvalue weighted by atomic mass is 9.92. The Morgan fingerprint density at radius 2 is 1.64 bits per heavy atom. The van der Waals surface area contributed by atoms with Crippen LogP contribution in [0.25, 0.3) is 0 Å². The summed E-state index contributed by atoms with van der Waals surface area (Å²) in [4.78, 5) is 4.06. The number of piperidine rings is 2. The maximum Gasteiger partial charge on any atom is 0.0433 e. The van der Waals surface area contributed by atoms with E-state index in [-0.39, 0.29) is 0 Å². The van der Waals surface area contributed by atoms with E-state index in [1.807, 2.05) is 11.9 Å². The lowest BCUT2D eigenvalue weighted by Crippen LogP contribution is -2.46. The van der Waals surface area contributed by atoms with Gasteiger partial charge in [0.15, 0.2) is 0 Å². The van der Waals surface area contributed by atoms with Crippen molar-refractivity contribution in [3.05, 3.63) is 30.3 Å². The standard InChI is InChI=1S/C18H28N2OS/c21-15-10-16-6-11-19(12-7-16)17-8-13-20(14-9-17)22-18-4-2-1-3-5-18/h1-5,16-17,21H,6-15H2. The number of likely N-dealkylation sites (tertiary alicyclic amines) is 1. The summed E-state index contributed by atoms with van der Waals surface area (Å²) in [6.07, 6.45) is 6.15. The predicted octanol–water partition coefficient (Wildman–Crippen LogP) is 3.25. The molecule has 4 heteroatoms. The molecule has 1 aromatic rings. The molecule has 0 saturated carbocycles. The number of aliphatic hydroxyl groups excluding tert-OH is 1. The van der Waals surface area contributed by atoms with Gasteiger partial charge in [-0.05, 0) is 75.2 Å². The highest BCUT2D eigenvalue weighted by Gasteiger charge is 2.28. The lowest BCUT2D eigenvalue weighted by molar-refractivity contribution is 0.0910. The topological polar surface area (TPSA) is 26.7 Å². The molecule has 1 N–H and O–H groups in total.